The van der Waals surface area contributed by atoms with Crippen LogP contribution in [-0.2, 0) is 19.4 Å². The molecule has 126 valence electrons. The zero-order valence-corrected chi connectivity index (χ0v) is 14.5. The lowest BCUT2D eigenvalue weighted by Crippen LogP contribution is -2.39. The van der Waals surface area contributed by atoms with Gasteiger partial charge in [0.2, 0.25) is 5.75 Å². The van der Waals surface area contributed by atoms with Crippen molar-refractivity contribution in [2.75, 3.05) is 27.9 Å². The molecule has 4 rings (SSSR count). The van der Waals surface area contributed by atoms with Crippen LogP contribution in [0.3, 0.4) is 0 Å². The van der Waals surface area contributed by atoms with Gasteiger partial charge in [0.25, 0.3) is 0 Å². The molecule has 0 radical (unpaired) electrons. The second-order valence-electron chi connectivity index (χ2n) is 6.43. The van der Waals surface area contributed by atoms with Gasteiger partial charge in [-0.3, -0.25) is 4.90 Å². The summed E-state index contributed by atoms with van der Waals surface area (Å²) in [7, 11) is 5.06. The first-order chi connectivity index (χ1) is 11.8. The van der Waals surface area contributed by atoms with Crippen molar-refractivity contribution in [3.63, 3.8) is 0 Å². The highest BCUT2D eigenvalue weighted by Crippen LogP contribution is 2.49. The molecule has 4 nitrogen and oxygen atoms in total. The van der Waals surface area contributed by atoms with E-state index in [1.807, 2.05) is 0 Å². The first kappa shape index (κ1) is 15.3. The standard InChI is InChI=1S/C20H23NO3/c1-22-17-11-14-8-9-21-12-15-7-5-4-6-13(15)10-16(21)18(14)20(24-3)19(17)23-2/h4-7,11,16H,8-10,12H2,1-3H3/t16-/m0/s1. The van der Waals surface area contributed by atoms with Crippen molar-refractivity contribution < 1.29 is 14.2 Å². The van der Waals surface area contributed by atoms with Crippen molar-refractivity contribution in [2.24, 2.45) is 0 Å². The van der Waals surface area contributed by atoms with Crippen molar-refractivity contribution in [3.8, 4) is 17.2 Å². The number of hydrogen-bond acceptors (Lipinski definition) is 4. The summed E-state index contributed by atoms with van der Waals surface area (Å²) in [4.78, 5) is 2.55. The molecule has 0 N–H and O–H groups in total. The molecule has 2 aromatic carbocycles. The minimum atomic E-state index is 0.332. The quantitative estimate of drug-likeness (QED) is 0.866. The first-order valence-corrected chi connectivity index (χ1v) is 8.39. The highest BCUT2D eigenvalue weighted by Gasteiger charge is 2.36. The summed E-state index contributed by atoms with van der Waals surface area (Å²) in [5.74, 6) is 2.26. The molecule has 0 bridgehead atoms. The molecule has 0 aromatic heterocycles. The van der Waals surface area contributed by atoms with Gasteiger partial charge in [-0.25, -0.2) is 0 Å². The van der Waals surface area contributed by atoms with Gasteiger partial charge in [-0.2, -0.15) is 0 Å². The van der Waals surface area contributed by atoms with E-state index in [9.17, 15) is 0 Å². The van der Waals surface area contributed by atoms with Crippen molar-refractivity contribution in [1.29, 1.82) is 0 Å². The summed E-state index contributed by atoms with van der Waals surface area (Å²) in [6.45, 7) is 2.06. The molecule has 0 spiro atoms. The molecular weight excluding hydrogens is 302 g/mol. The van der Waals surface area contributed by atoms with Gasteiger partial charge >= 0.3 is 0 Å². The van der Waals surface area contributed by atoms with Crippen LogP contribution in [0.2, 0.25) is 0 Å². The third-order valence-electron chi connectivity index (χ3n) is 5.30. The average Bonchev–Trinajstić information content (AvgIpc) is 2.64. The van der Waals surface area contributed by atoms with Crippen LogP contribution >= 0.6 is 0 Å². The lowest BCUT2D eigenvalue weighted by atomic mass is 9.83. The predicted molar refractivity (Wildman–Crippen MR) is 93.1 cm³/mol. The second kappa shape index (κ2) is 6.02. The van der Waals surface area contributed by atoms with Gasteiger partial charge in [0.1, 0.15) is 0 Å². The summed E-state index contributed by atoms with van der Waals surface area (Å²) in [6, 6.07) is 11.2. The van der Waals surface area contributed by atoms with Crippen molar-refractivity contribution in [2.45, 2.75) is 25.4 Å². The first-order valence-electron chi connectivity index (χ1n) is 8.39. The van der Waals surface area contributed by atoms with Crippen LogP contribution in [-0.4, -0.2) is 32.8 Å². The molecule has 1 atom stereocenters. The molecule has 0 saturated heterocycles. The number of ether oxygens (including phenoxy) is 3. The SMILES string of the molecule is COc1cc2c(c(OC)c1OC)[C@@H]1Cc3ccccc3CN1CC2. The minimum Gasteiger partial charge on any atom is -0.493 e. The summed E-state index contributed by atoms with van der Waals surface area (Å²) < 4.78 is 16.9. The highest BCUT2D eigenvalue weighted by atomic mass is 16.5. The Morgan fingerprint density at radius 1 is 0.917 bits per heavy atom. The molecule has 2 heterocycles. The largest absolute Gasteiger partial charge is 0.493 e. The Hall–Kier alpha value is -2.20. The van der Waals surface area contributed by atoms with Gasteiger partial charge in [-0.05, 0) is 35.6 Å². The van der Waals surface area contributed by atoms with Gasteiger partial charge in [0, 0.05) is 24.7 Å². The molecule has 2 aliphatic heterocycles. The molecule has 24 heavy (non-hydrogen) atoms. The zero-order valence-electron chi connectivity index (χ0n) is 14.5. The monoisotopic (exact) mass is 325 g/mol. The minimum absolute atomic E-state index is 0.332. The lowest BCUT2D eigenvalue weighted by molar-refractivity contribution is 0.156. The Morgan fingerprint density at radius 3 is 2.38 bits per heavy atom. The lowest BCUT2D eigenvalue weighted by Gasteiger charge is -2.42. The van der Waals surface area contributed by atoms with E-state index in [4.69, 9.17) is 14.2 Å². The van der Waals surface area contributed by atoms with Gasteiger partial charge < -0.3 is 14.2 Å². The number of benzene rings is 2. The number of hydrogen-bond donors (Lipinski definition) is 0. The Morgan fingerprint density at radius 2 is 1.67 bits per heavy atom. The van der Waals surface area contributed by atoms with Crippen LogP contribution in [0.15, 0.2) is 30.3 Å². The summed E-state index contributed by atoms with van der Waals surface area (Å²) in [6.07, 6.45) is 2.01. The number of fused-ring (bicyclic) bond motifs is 4. The van der Waals surface area contributed by atoms with E-state index in [0.29, 0.717) is 11.8 Å². The second-order valence-corrected chi connectivity index (χ2v) is 6.43. The van der Waals surface area contributed by atoms with Crippen molar-refractivity contribution in [3.05, 3.63) is 52.6 Å². The van der Waals surface area contributed by atoms with E-state index in [-0.39, 0.29) is 0 Å². The molecule has 2 aliphatic rings. The van der Waals surface area contributed by atoms with Crippen molar-refractivity contribution >= 4 is 0 Å². The molecule has 0 amide bonds. The smallest absolute Gasteiger partial charge is 0.203 e. The molecule has 0 aliphatic carbocycles. The van der Waals surface area contributed by atoms with E-state index in [1.54, 1.807) is 21.3 Å². The van der Waals surface area contributed by atoms with Gasteiger partial charge in [-0.1, -0.05) is 24.3 Å². The molecule has 0 unspecified atom stereocenters. The third kappa shape index (κ3) is 2.25. The van der Waals surface area contributed by atoms with Crippen LogP contribution in [0, 0.1) is 0 Å². The van der Waals surface area contributed by atoms with Gasteiger partial charge in [-0.15, -0.1) is 0 Å². The number of methoxy groups -OCH3 is 3. The van der Waals surface area contributed by atoms with Crippen molar-refractivity contribution in [1.82, 2.24) is 4.90 Å². The predicted octanol–water partition coefficient (Wildman–Crippen LogP) is 3.37. The van der Waals surface area contributed by atoms with E-state index in [2.05, 4.69) is 35.2 Å². The summed E-state index contributed by atoms with van der Waals surface area (Å²) >= 11 is 0. The van der Waals surface area contributed by atoms with Crippen LogP contribution in [0.25, 0.3) is 0 Å². The Balaban J connectivity index is 1.86. The van der Waals surface area contributed by atoms with Gasteiger partial charge in [0.05, 0.1) is 21.3 Å². The number of nitrogens with zero attached hydrogens (tertiary/aromatic N) is 1. The highest BCUT2D eigenvalue weighted by molar-refractivity contribution is 5.61. The zero-order chi connectivity index (χ0) is 16.7. The Bertz CT molecular complexity index is 772. The molecular formula is C20H23NO3. The van der Waals surface area contributed by atoms with Crippen LogP contribution in [0.1, 0.15) is 28.3 Å². The van der Waals surface area contributed by atoms with Crippen LogP contribution < -0.4 is 14.2 Å². The fraction of sp³-hybridized carbons (Fsp3) is 0.400. The van der Waals surface area contributed by atoms with Gasteiger partial charge in [0.15, 0.2) is 11.5 Å². The van der Waals surface area contributed by atoms with E-state index >= 15 is 0 Å². The van der Waals surface area contributed by atoms with E-state index in [0.717, 1.165) is 37.4 Å². The average molecular weight is 325 g/mol. The molecule has 2 aromatic rings. The third-order valence-corrected chi connectivity index (χ3v) is 5.30. The summed E-state index contributed by atoms with van der Waals surface area (Å²) in [5, 5.41) is 0. The molecule has 4 heteroatoms. The number of rotatable bonds is 3. The van der Waals surface area contributed by atoms with E-state index < -0.39 is 0 Å². The fourth-order valence-corrected chi connectivity index (χ4v) is 4.16. The summed E-state index contributed by atoms with van der Waals surface area (Å²) in [5.41, 5.74) is 5.45. The molecule has 0 saturated carbocycles. The maximum Gasteiger partial charge on any atom is 0.203 e. The Kier molecular flexibility index (Phi) is 3.85. The fourth-order valence-electron chi connectivity index (χ4n) is 4.16. The van der Waals surface area contributed by atoms with Crippen LogP contribution in [0.5, 0.6) is 17.2 Å². The topological polar surface area (TPSA) is 30.9 Å². The normalized spacial score (nSPS) is 19.0. The van der Waals surface area contributed by atoms with Crippen LogP contribution in [0.4, 0.5) is 0 Å². The molecule has 0 fully saturated rings. The Labute approximate surface area is 142 Å². The maximum atomic E-state index is 5.78. The van der Waals surface area contributed by atoms with E-state index in [1.165, 1.54) is 22.3 Å². The maximum absolute atomic E-state index is 5.78.